The molecule has 86 heavy (non-hydrogen) atoms. The smallest absolute Gasteiger partial charge is 0.330 e. The Bertz CT molecular complexity index is 3560. The van der Waals surface area contributed by atoms with E-state index < -0.39 is 91.7 Å². The van der Waals surface area contributed by atoms with Crippen molar-refractivity contribution in [1.29, 1.82) is 0 Å². The summed E-state index contributed by atoms with van der Waals surface area (Å²) in [6.45, 7) is 20.4. The lowest BCUT2D eigenvalue weighted by molar-refractivity contribution is -0.203. The van der Waals surface area contributed by atoms with Crippen LogP contribution >= 0.6 is 0 Å². The van der Waals surface area contributed by atoms with Crippen molar-refractivity contribution < 1.29 is 56.6 Å². The number of ether oxygens (including phenoxy) is 10. The van der Waals surface area contributed by atoms with Crippen LogP contribution in [-0.4, -0.2) is 119 Å². The van der Waals surface area contributed by atoms with Crippen LogP contribution in [0.3, 0.4) is 0 Å². The van der Waals surface area contributed by atoms with Crippen molar-refractivity contribution in [2.75, 3.05) is 32.8 Å². The number of amides is 1. The number of methoxy groups -OCH3 is 2. The van der Waals surface area contributed by atoms with E-state index in [1.807, 2.05) is 113 Å². The van der Waals surface area contributed by atoms with Crippen LogP contribution in [0.5, 0.6) is 11.5 Å². The van der Waals surface area contributed by atoms with E-state index in [2.05, 4.69) is 56.8 Å². The van der Waals surface area contributed by atoms with Gasteiger partial charge in [0.05, 0.1) is 39.7 Å². The van der Waals surface area contributed by atoms with Gasteiger partial charge in [0.1, 0.15) is 72.5 Å². The molecule has 0 unspecified atom stereocenters. The highest BCUT2D eigenvalue weighted by atomic mass is 28.4. The number of benzene rings is 4. The van der Waals surface area contributed by atoms with Crippen molar-refractivity contribution >= 4 is 31.2 Å². The van der Waals surface area contributed by atoms with E-state index in [1.54, 1.807) is 43.1 Å². The highest BCUT2D eigenvalue weighted by Gasteiger charge is 2.59. The molecule has 21 nitrogen and oxygen atoms in total. The molecule has 8 atom stereocenters. The van der Waals surface area contributed by atoms with E-state index in [-0.39, 0.29) is 43.5 Å². The SMILES string of the molecule is COc1ccc(C(OCc2nc3c(NC(=O)c4ccccc4)ncnc3n2[C@@H]2O[C@H](COCc3cc(=O)[nH]c(=O)n3[C@@H]3O[C@H](CO[Si](C(C)C)(C(C)C)C(C)C)[C@H]4OC(C)(C)O[C@H]43)[C@H]3OC(C)(C)O[C@H]32)(c2ccccc2)c2ccc(OC)cc2)cc1. The summed E-state index contributed by atoms with van der Waals surface area (Å²) in [7, 11) is 0.881. The first-order chi connectivity index (χ1) is 41.2. The first-order valence-corrected chi connectivity index (χ1v) is 31.5. The lowest BCUT2D eigenvalue weighted by Gasteiger charge is -2.43. The van der Waals surface area contributed by atoms with Crippen molar-refractivity contribution in [2.24, 2.45) is 0 Å². The molecule has 0 spiro atoms. The zero-order valence-corrected chi connectivity index (χ0v) is 51.7. The third-order valence-corrected chi connectivity index (χ3v) is 23.0. The average molecular weight is 1200 g/mol. The molecule has 3 aromatic heterocycles. The van der Waals surface area contributed by atoms with Crippen molar-refractivity contribution in [1.82, 2.24) is 29.1 Å². The van der Waals surface area contributed by atoms with Gasteiger partial charge in [-0.1, -0.05) is 114 Å². The summed E-state index contributed by atoms with van der Waals surface area (Å²) >= 11 is 0. The van der Waals surface area contributed by atoms with Crippen LogP contribution in [0.2, 0.25) is 16.6 Å². The second-order valence-corrected chi connectivity index (χ2v) is 29.6. The van der Waals surface area contributed by atoms with E-state index in [1.165, 1.54) is 17.0 Å². The zero-order valence-electron chi connectivity index (χ0n) is 50.7. The van der Waals surface area contributed by atoms with Crippen LogP contribution in [0.15, 0.2) is 131 Å². The summed E-state index contributed by atoms with van der Waals surface area (Å²) < 4.78 is 75.7. The Morgan fingerprint density at radius 1 is 0.663 bits per heavy atom. The monoisotopic (exact) mass is 1200 g/mol. The zero-order chi connectivity index (χ0) is 60.9. The number of hydrogen-bond acceptors (Lipinski definition) is 17. The summed E-state index contributed by atoms with van der Waals surface area (Å²) in [4.78, 5) is 58.2. The molecule has 0 aliphatic carbocycles. The standard InChI is InChI=1S/C64H77N7O14Si/c1-37(2)86(38(3)4,39(5)6)79-34-48-53-54(84-63(9,10)83-53)59(81-48)70-44(31-50(72)68-61(70)74)32-77-33-47-52-55(85-62(7,8)82-52)60(80-47)71-49(67-51-56(65-36-66-57(51)71)69-58(73)40-19-15-13-16-20-40)35-78-64(41-21-17-14-18-22-41,42-23-27-45(75-11)28-24-42)43-25-29-46(76-12)30-26-43/h13-31,36-39,47-48,52-55,59-60H,32-35H2,1-12H3,(H,68,72,74)(H,65,66,69,73)/t47-,48-,52-,53-,54-,55-,59-,60-/m1/s1. The Kier molecular flexibility index (Phi) is 17.2. The first kappa shape index (κ1) is 60.7. The maximum Gasteiger partial charge on any atom is 0.330 e. The van der Waals surface area contributed by atoms with Gasteiger partial charge in [-0.3, -0.25) is 23.7 Å². The predicted molar refractivity (Wildman–Crippen MR) is 320 cm³/mol. The Morgan fingerprint density at radius 2 is 1.17 bits per heavy atom. The summed E-state index contributed by atoms with van der Waals surface area (Å²) in [6, 6.07) is 35.4. The Labute approximate surface area is 500 Å². The summed E-state index contributed by atoms with van der Waals surface area (Å²) in [5, 5.41) is 2.97. The molecule has 11 rings (SSSR count). The fourth-order valence-electron chi connectivity index (χ4n) is 13.4. The highest BCUT2D eigenvalue weighted by molar-refractivity contribution is 6.77. The molecule has 4 saturated heterocycles. The number of carbonyl (C=O) groups excluding carboxylic acids is 1. The number of carbonyl (C=O) groups is 1. The highest BCUT2D eigenvalue weighted by Crippen LogP contribution is 2.49. The molecule has 4 fully saturated rings. The molecule has 456 valence electrons. The minimum absolute atomic E-state index is 0.0943. The topological polar surface area (TPSA) is 229 Å². The number of anilines is 1. The Hall–Kier alpha value is -6.96. The quantitative estimate of drug-likeness (QED) is 0.0475. The summed E-state index contributed by atoms with van der Waals surface area (Å²) in [5.74, 6) is -0.692. The molecule has 0 bridgehead atoms. The third-order valence-electron chi connectivity index (χ3n) is 17.0. The molecular formula is C64H77N7O14Si. The molecule has 4 aliphatic heterocycles. The molecule has 0 saturated carbocycles. The molecule has 1 amide bonds. The van der Waals surface area contributed by atoms with E-state index in [0.29, 0.717) is 45.2 Å². The van der Waals surface area contributed by atoms with E-state index in [9.17, 15) is 14.4 Å². The lowest BCUT2D eigenvalue weighted by atomic mass is 9.80. The third kappa shape index (κ3) is 11.5. The maximum absolute atomic E-state index is 14.1. The normalized spacial score (nSPS) is 23.3. The van der Waals surface area contributed by atoms with Gasteiger partial charge in [0, 0.05) is 11.6 Å². The molecule has 7 heterocycles. The van der Waals surface area contributed by atoms with Gasteiger partial charge in [-0.2, -0.15) is 0 Å². The van der Waals surface area contributed by atoms with Gasteiger partial charge in [-0.15, -0.1) is 0 Å². The first-order valence-electron chi connectivity index (χ1n) is 29.3. The van der Waals surface area contributed by atoms with Crippen LogP contribution < -0.4 is 26.0 Å². The molecule has 2 N–H and O–H groups in total. The molecule has 4 aromatic carbocycles. The predicted octanol–water partition coefficient (Wildman–Crippen LogP) is 9.70. The largest absolute Gasteiger partial charge is 0.497 e. The van der Waals surface area contributed by atoms with Crippen molar-refractivity contribution in [2.45, 2.75) is 165 Å². The van der Waals surface area contributed by atoms with Crippen LogP contribution in [0.1, 0.15) is 120 Å². The number of hydrogen-bond donors (Lipinski definition) is 2. The maximum atomic E-state index is 14.1. The van der Waals surface area contributed by atoms with Gasteiger partial charge < -0.3 is 57.1 Å². The molecule has 0 radical (unpaired) electrons. The van der Waals surface area contributed by atoms with Crippen molar-refractivity contribution in [3.05, 3.63) is 176 Å². The van der Waals surface area contributed by atoms with Gasteiger partial charge in [-0.05, 0) is 97.4 Å². The van der Waals surface area contributed by atoms with Crippen LogP contribution in [0.25, 0.3) is 11.2 Å². The van der Waals surface area contributed by atoms with Crippen molar-refractivity contribution in [3.8, 4) is 11.5 Å². The number of fused-ring (bicyclic) bond motifs is 3. The van der Waals surface area contributed by atoms with Crippen LogP contribution in [0.4, 0.5) is 5.82 Å². The number of imidazole rings is 1. The van der Waals surface area contributed by atoms with Gasteiger partial charge in [0.15, 0.2) is 49.3 Å². The minimum Gasteiger partial charge on any atom is -0.497 e. The number of H-pyrrole nitrogens is 1. The van der Waals surface area contributed by atoms with Crippen LogP contribution in [0, 0.1) is 0 Å². The number of aromatic nitrogens is 6. The Morgan fingerprint density at radius 3 is 1.72 bits per heavy atom. The number of aromatic amines is 1. The van der Waals surface area contributed by atoms with E-state index >= 15 is 0 Å². The van der Waals surface area contributed by atoms with E-state index in [4.69, 9.17) is 61.8 Å². The number of nitrogens with one attached hydrogen (secondary N) is 2. The fourth-order valence-corrected chi connectivity index (χ4v) is 18.8. The second kappa shape index (κ2) is 24.3. The number of nitrogens with zero attached hydrogens (tertiary/aromatic N) is 5. The minimum atomic E-state index is -2.35. The molecule has 7 aromatic rings. The van der Waals surface area contributed by atoms with Gasteiger partial charge >= 0.3 is 5.69 Å². The molecule has 22 heteroatoms. The lowest BCUT2D eigenvalue weighted by Crippen LogP contribution is -2.50. The fraction of sp³-hybridized carbons (Fsp3) is 0.469. The van der Waals surface area contributed by atoms with E-state index in [0.717, 1.165) is 16.7 Å². The van der Waals surface area contributed by atoms with Crippen LogP contribution in [-0.2, 0) is 61.1 Å². The summed E-state index contributed by atoms with van der Waals surface area (Å²) in [6.07, 6.45) is -4.89. The number of rotatable bonds is 22. The van der Waals surface area contributed by atoms with Crippen molar-refractivity contribution in [3.63, 3.8) is 0 Å². The average Bonchev–Trinajstić information content (AvgIpc) is 1.53. The Balaban J connectivity index is 0.939. The summed E-state index contributed by atoms with van der Waals surface area (Å²) in [5.41, 5.74) is 1.95. The van der Waals surface area contributed by atoms with Gasteiger partial charge in [0.2, 0.25) is 0 Å². The van der Waals surface area contributed by atoms with Gasteiger partial charge in [-0.25, -0.2) is 19.7 Å². The van der Waals surface area contributed by atoms with Gasteiger partial charge in [0.25, 0.3) is 11.5 Å². The molecular weight excluding hydrogens is 1120 g/mol. The molecule has 4 aliphatic rings. The second-order valence-electron chi connectivity index (χ2n) is 24.1.